The fraction of sp³-hybridized carbons (Fsp3) is 0.385. The van der Waals surface area contributed by atoms with Gasteiger partial charge in [0.05, 0.1) is 29.7 Å². The molecule has 3 fully saturated rings. The van der Waals surface area contributed by atoms with Crippen molar-refractivity contribution in [3.8, 4) is 0 Å². The molecule has 0 radical (unpaired) electrons. The number of amides is 1. The molecule has 11 heteroatoms. The summed E-state index contributed by atoms with van der Waals surface area (Å²) in [4.78, 5) is 32.8. The first-order valence-electron chi connectivity index (χ1n) is 12.6. The number of aliphatic hydroxyl groups excluding tert-OH is 1. The minimum atomic E-state index is -0.518. The number of hydrogen-bond acceptors (Lipinski definition) is 8. The van der Waals surface area contributed by atoms with Crippen molar-refractivity contribution in [2.75, 3.05) is 16.8 Å². The topological polar surface area (TPSA) is 121 Å². The third-order valence-electron chi connectivity index (χ3n) is 7.42. The monoisotopic (exact) mass is 516 g/mol. The number of aliphatic hydroxyl groups is 1. The van der Waals surface area contributed by atoms with Crippen LogP contribution in [0, 0.1) is 5.92 Å². The predicted octanol–water partition coefficient (Wildman–Crippen LogP) is 3.50. The average Bonchev–Trinajstić information content (AvgIpc) is 3.81. The van der Waals surface area contributed by atoms with Crippen LogP contribution >= 0.6 is 11.6 Å². The molecule has 188 valence electrons. The number of halogens is 1. The van der Waals surface area contributed by atoms with E-state index in [4.69, 9.17) is 21.7 Å². The summed E-state index contributed by atoms with van der Waals surface area (Å²) in [5, 5.41) is 18.8. The Hall–Kier alpha value is -3.63. The Morgan fingerprint density at radius 3 is 2.78 bits per heavy atom. The van der Waals surface area contributed by atoms with E-state index in [2.05, 4.69) is 26.3 Å². The maximum atomic E-state index is 12.9. The lowest BCUT2D eigenvalue weighted by molar-refractivity contribution is -0.117. The molecule has 3 aliphatic rings. The summed E-state index contributed by atoms with van der Waals surface area (Å²) in [6, 6.07) is 9.17. The van der Waals surface area contributed by atoms with Crippen molar-refractivity contribution in [1.82, 2.24) is 29.5 Å². The quantitative estimate of drug-likeness (QED) is 0.399. The lowest BCUT2D eigenvalue weighted by atomic mass is 10.1. The summed E-state index contributed by atoms with van der Waals surface area (Å²) in [5.74, 6) is 1.39. The number of carbonyl (C=O) groups is 1. The number of pyridine rings is 1. The Morgan fingerprint density at radius 2 is 1.95 bits per heavy atom. The Morgan fingerprint density at radius 1 is 1.05 bits per heavy atom. The van der Waals surface area contributed by atoms with E-state index in [-0.39, 0.29) is 23.8 Å². The fourth-order valence-corrected chi connectivity index (χ4v) is 5.42. The average molecular weight is 517 g/mol. The number of nitrogens with zero attached hydrogens (tertiary/aromatic N) is 7. The van der Waals surface area contributed by atoms with Crippen LogP contribution in [0.15, 0.2) is 49.1 Å². The van der Waals surface area contributed by atoms with Crippen LogP contribution in [-0.4, -0.2) is 53.2 Å². The second-order valence-electron chi connectivity index (χ2n) is 10.2. The molecule has 4 atom stereocenters. The van der Waals surface area contributed by atoms with E-state index < -0.39 is 6.10 Å². The minimum absolute atomic E-state index is 0.0576. The first kappa shape index (κ1) is 22.6. The standard InChI is InChI=1S/C26H25ClN8O2/c27-15-5-6-28-20(7-15)17-9-18(17)26(37)32-23-10-25(30-13-29-23)34-11-16(36)8-22(34)21-12-35-24(31-21)4-3-19(33-35)14-1-2-14/h3-7,10,12-14,16-18,22,36H,1-2,8-9,11H2,(H,29,30,32,37)/t16-,17-,18-,22+/m0/s1. The van der Waals surface area contributed by atoms with E-state index in [0.717, 1.165) is 29.1 Å². The van der Waals surface area contributed by atoms with Crippen LogP contribution in [0.4, 0.5) is 11.6 Å². The van der Waals surface area contributed by atoms with Gasteiger partial charge in [-0.15, -0.1) is 0 Å². The first-order valence-corrected chi connectivity index (χ1v) is 12.9. The van der Waals surface area contributed by atoms with Crippen LogP contribution < -0.4 is 10.2 Å². The molecule has 0 spiro atoms. The van der Waals surface area contributed by atoms with Crippen LogP contribution in [-0.2, 0) is 4.79 Å². The van der Waals surface area contributed by atoms with Gasteiger partial charge in [-0.2, -0.15) is 5.10 Å². The minimum Gasteiger partial charge on any atom is -0.391 e. The van der Waals surface area contributed by atoms with Crippen LogP contribution in [0.25, 0.3) is 5.65 Å². The van der Waals surface area contributed by atoms with Crippen LogP contribution in [0.1, 0.15) is 60.6 Å². The number of hydrogen-bond donors (Lipinski definition) is 2. The van der Waals surface area contributed by atoms with E-state index in [9.17, 15) is 9.90 Å². The Labute approximate surface area is 217 Å². The highest BCUT2D eigenvalue weighted by Crippen LogP contribution is 2.47. The Balaban J connectivity index is 1.09. The molecular formula is C26H25ClN8O2. The molecule has 37 heavy (non-hydrogen) atoms. The van der Waals surface area contributed by atoms with E-state index in [1.54, 1.807) is 18.3 Å². The number of rotatable bonds is 6. The van der Waals surface area contributed by atoms with Crippen molar-refractivity contribution in [3.05, 3.63) is 71.2 Å². The second-order valence-corrected chi connectivity index (χ2v) is 10.6. The van der Waals surface area contributed by atoms with Gasteiger partial charge in [-0.1, -0.05) is 11.6 Å². The summed E-state index contributed by atoms with van der Waals surface area (Å²) in [5.41, 5.74) is 3.54. The van der Waals surface area contributed by atoms with Crippen LogP contribution in [0.2, 0.25) is 5.02 Å². The normalized spacial score (nSPS) is 25.0. The molecule has 10 nitrogen and oxygen atoms in total. The molecule has 1 aliphatic heterocycles. The number of aromatic nitrogens is 6. The number of carbonyl (C=O) groups excluding carboxylic acids is 1. The lowest BCUT2D eigenvalue weighted by Gasteiger charge is -2.24. The van der Waals surface area contributed by atoms with Gasteiger partial charge in [-0.25, -0.2) is 19.5 Å². The predicted molar refractivity (Wildman–Crippen MR) is 136 cm³/mol. The molecule has 5 heterocycles. The Bertz CT molecular complexity index is 1500. The maximum absolute atomic E-state index is 12.9. The van der Waals surface area contributed by atoms with Gasteiger partial charge < -0.3 is 15.3 Å². The summed E-state index contributed by atoms with van der Waals surface area (Å²) >= 11 is 6.08. The number of imidazole rings is 1. The zero-order valence-electron chi connectivity index (χ0n) is 19.9. The molecule has 2 aliphatic carbocycles. The molecule has 0 bridgehead atoms. The smallest absolute Gasteiger partial charge is 0.229 e. The molecule has 1 saturated heterocycles. The van der Waals surface area contributed by atoms with E-state index in [0.29, 0.717) is 35.5 Å². The molecule has 1 amide bonds. The lowest BCUT2D eigenvalue weighted by Crippen LogP contribution is -2.26. The zero-order valence-corrected chi connectivity index (χ0v) is 20.7. The number of nitrogens with one attached hydrogen (secondary N) is 1. The third kappa shape index (κ3) is 4.40. The van der Waals surface area contributed by atoms with Crippen molar-refractivity contribution in [2.24, 2.45) is 5.92 Å². The third-order valence-corrected chi connectivity index (χ3v) is 7.66. The van der Waals surface area contributed by atoms with E-state index in [1.165, 1.54) is 19.2 Å². The highest BCUT2D eigenvalue weighted by atomic mass is 35.5. The van der Waals surface area contributed by atoms with Crippen molar-refractivity contribution >= 4 is 34.8 Å². The van der Waals surface area contributed by atoms with Crippen LogP contribution in [0.3, 0.4) is 0 Å². The SMILES string of the molecule is O=C(Nc1cc(N2C[C@@H](O)C[C@@H]2c2cn3nc(C4CC4)ccc3n2)ncn1)[C@H]1C[C@@H]1c1cc(Cl)ccn1. The van der Waals surface area contributed by atoms with Gasteiger partial charge in [0, 0.05) is 53.7 Å². The van der Waals surface area contributed by atoms with E-state index in [1.807, 2.05) is 27.7 Å². The summed E-state index contributed by atoms with van der Waals surface area (Å²) < 4.78 is 1.83. The summed E-state index contributed by atoms with van der Waals surface area (Å²) in [6.07, 6.45) is 8.15. The molecule has 2 N–H and O–H groups in total. The van der Waals surface area contributed by atoms with Crippen molar-refractivity contribution < 1.29 is 9.90 Å². The van der Waals surface area contributed by atoms with Gasteiger partial charge in [0.1, 0.15) is 18.0 Å². The molecule has 2 saturated carbocycles. The van der Waals surface area contributed by atoms with Crippen molar-refractivity contribution in [2.45, 2.75) is 49.7 Å². The van der Waals surface area contributed by atoms with Crippen molar-refractivity contribution in [3.63, 3.8) is 0 Å². The second kappa shape index (κ2) is 8.74. The molecule has 7 rings (SSSR count). The fourth-order valence-electron chi connectivity index (χ4n) is 5.25. The molecule has 4 aromatic heterocycles. The highest BCUT2D eigenvalue weighted by molar-refractivity contribution is 6.30. The number of fused-ring (bicyclic) bond motifs is 1. The number of anilines is 2. The van der Waals surface area contributed by atoms with Gasteiger partial charge in [-0.05, 0) is 43.5 Å². The Kier molecular flexibility index (Phi) is 5.33. The maximum Gasteiger partial charge on any atom is 0.229 e. The summed E-state index contributed by atoms with van der Waals surface area (Å²) in [6.45, 7) is 0.412. The molecule has 0 aromatic carbocycles. The molecular weight excluding hydrogens is 492 g/mol. The summed E-state index contributed by atoms with van der Waals surface area (Å²) in [7, 11) is 0. The van der Waals surface area contributed by atoms with Crippen LogP contribution in [0.5, 0.6) is 0 Å². The molecule has 4 aromatic rings. The highest BCUT2D eigenvalue weighted by Gasteiger charge is 2.45. The molecule has 0 unspecified atom stereocenters. The van der Waals surface area contributed by atoms with Crippen molar-refractivity contribution in [1.29, 1.82) is 0 Å². The van der Waals surface area contributed by atoms with Gasteiger partial charge in [-0.3, -0.25) is 9.78 Å². The first-order chi connectivity index (χ1) is 18.0. The van der Waals surface area contributed by atoms with Gasteiger partial charge >= 0.3 is 0 Å². The number of β-amino-alcohol motifs (C(OH)–C–C–N with tert-alkyl or cyclic N) is 1. The van der Waals surface area contributed by atoms with Gasteiger partial charge in [0.2, 0.25) is 5.91 Å². The van der Waals surface area contributed by atoms with Gasteiger partial charge in [0.15, 0.2) is 5.65 Å². The van der Waals surface area contributed by atoms with E-state index >= 15 is 0 Å². The van der Waals surface area contributed by atoms with Gasteiger partial charge in [0.25, 0.3) is 0 Å². The zero-order chi connectivity index (χ0) is 25.1. The largest absolute Gasteiger partial charge is 0.391 e.